The number of likely N-dealkylation sites (tertiary alicyclic amines) is 1. The van der Waals surface area contributed by atoms with Gasteiger partial charge in [0.25, 0.3) is 5.91 Å². The van der Waals surface area contributed by atoms with Crippen molar-refractivity contribution in [1.29, 1.82) is 0 Å². The van der Waals surface area contributed by atoms with Gasteiger partial charge in [0.05, 0.1) is 24.0 Å². The minimum absolute atomic E-state index is 0.0775. The van der Waals surface area contributed by atoms with Crippen molar-refractivity contribution in [2.45, 2.75) is 6.42 Å². The van der Waals surface area contributed by atoms with E-state index in [0.29, 0.717) is 25.3 Å². The number of hydrogen-bond acceptors (Lipinski definition) is 5. The summed E-state index contributed by atoms with van der Waals surface area (Å²) in [7, 11) is 0. The van der Waals surface area contributed by atoms with Crippen LogP contribution in [0.4, 0.5) is 5.69 Å². The number of anilines is 1. The Bertz CT molecular complexity index is 752. The minimum atomic E-state index is -0.154. The maximum Gasteiger partial charge on any atom is 0.274 e. The Labute approximate surface area is 139 Å². The lowest BCUT2D eigenvalue weighted by Crippen LogP contribution is -2.45. The highest BCUT2D eigenvalue weighted by Gasteiger charge is 2.44. The summed E-state index contributed by atoms with van der Waals surface area (Å²) in [6.07, 6.45) is 8.79. The summed E-state index contributed by atoms with van der Waals surface area (Å²) < 4.78 is 0. The number of nitrogens with zero attached hydrogens (tertiary/aromatic N) is 5. The van der Waals surface area contributed by atoms with Crippen LogP contribution in [0.3, 0.4) is 0 Å². The van der Waals surface area contributed by atoms with Gasteiger partial charge >= 0.3 is 0 Å². The summed E-state index contributed by atoms with van der Waals surface area (Å²) >= 11 is 0. The van der Waals surface area contributed by atoms with Gasteiger partial charge in [0.1, 0.15) is 5.69 Å². The van der Waals surface area contributed by atoms with Crippen LogP contribution in [-0.2, 0) is 4.79 Å². The third kappa shape index (κ3) is 2.51. The van der Waals surface area contributed by atoms with Crippen molar-refractivity contribution in [3.8, 4) is 0 Å². The number of hydrogen-bond donors (Lipinski definition) is 0. The predicted octanol–water partition coefficient (Wildman–Crippen LogP) is 0.997. The molecule has 4 rings (SSSR count). The second-order valence-electron chi connectivity index (χ2n) is 6.16. The van der Waals surface area contributed by atoms with Crippen LogP contribution in [0.5, 0.6) is 0 Å². The molecule has 0 saturated carbocycles. The first-order valence-corrected chi connectivity index (χ1v) is 8.01. The van der Waals surface area contributed by atoms with Crippen LogP contribution >= 0.6 is 0 Å². The van der Waals surface area contributed by atoms with E-state index in [1.165, 1.54) is 18.6 Å². The zero-order chi connectivity index (χ0) is 16.5. The van der Waals surface area contributed by atoms with Crippen molar-refractivity contribution in [1.82, 2.24) is 19.9 Å². The highest BCUT2D eigenvalue weighted by molar-refractivity contribution is 5.98. The third-order valence-corrected chi connectivity index (χ3v) is 4.77. The SMILES string of the molecule is O=C(c1cnccn1)N1C[C@@H]2CCN(c3cccnc3)C(=O)[C@H]2C1. The number of piperidine rings is 1. The molecule has 0 bridgehead atoms. The summed E-state index contributed by atoms with van der Waals surface area (Å²) in [5, 5.41) is 0. The van der Waals surface area contributed by atoms with Crippen molar-refractivity contribution in [3.63, 3.8) is 0 Å². The van der Waals surface area contributed by atoms with Gasteiger partial charge in [-0.05, 0) is 24.5 Å². The van der Waals surface area contributed by atoms with E-state index in [1.807, 2.05) is 12.1 Å². The van der Waals surface area contributed by atoms with E-state index in [2.05, 4.69) is 15.0 Å². The molecule has 7 nitrogen and oxygen atoms in total. The molecule has 2 aromatic rings. The summed E-state index contributed by atoms with van der Waals surface area (Å²) in [5.41, 5.74) is 1.15. The van der Waals surface area contributed by atoms with Crippen LogP contribution in [0.2, 0.25) is 0 Å². The minimum Gasteiger partial charge on any atom is -0.336 e. The van der Waals surface area contributed by atoms with E-state index in [4.69, 9.17) is 0 Å². The summed E-state index contributed by atoms with van der Waals surface area (Å²) in [6.45, 7) is 1.71. The molecule has 0 N–H and O–H groups in total. The lowest BCUT2D eigenvalue weighted by molar-refractivity contribution is -0.124. The van der Waals surface area contributed by atoms with Gasteiger partial charge in [-0.15, -0.1) is 0 Å². The second kappa shape index (κ2) is 5.99. The molecule has 0 unspecified atom stereocenters. The number of carbonyl (C=O) groups is 2. The molecule has 2 aromatic heterocycles. The van der Waals surface area contributed by atoms with Gasteiger partial charge < -0.3 is 9.80 Å². The Morgan fingerprint density at radius 2 is 2.00 bits per heavy atom. The fourth-order valence-corrected chi connectivity index (χ4v) is 3.56. The fourth-order valence-electron chi connectivity index (χ4n) is 3.56. The molecule has 0 radical (unpaired) electrons. The van der Waals surface area contributed by atoms with Crippen LogP contribution in [0, 0.1) is 11.8 Å². The van der Waals surface area contributed by atoms with Gasteiger partial charge in [0.2, 0.25) is 5.91 Å². The molecule has 0 aliphatic carbocycles. The lowest BCUT2D eigenvalue weighted by Gasteiger charge is -2.33. The van der Waals surface area contributed by atoms with Gasteiger partial charge in [-0.25, -0.2) is 4.98 Å². The zero-order valence-electron chi connectivity index (χ0n) is 13.1. The Hall–Kier alpha value is -2.83. The summed E-state index contributed by atoms with van der Waals surface area (Å²) in [5.74, 6) is -0.0162. The molecular formula is C17H17N5O2. The average molecular weight is 323 g/mol. The molecule has 2 fully saturated rings. The quantitative estimate of drug-likeness (QED) is 0.824. The maximum atomic E-state index is 12.8. The third-order valence-electron chi connectivity index (χ3n) is 4.77. The average Bonchev–Trinajstić information content (AvgIpc) is 3.08. The summed E-state index contributed by atoms with van der Waals surface area (Å²) in [4.78, 5) is 41.0. The van der Waals surface area contributed by atoms with E-state index >= 15 is 0 Å². The Morgan fingerprint density at radius 1 is 1.12 bits per heavy atom. The first-order valence-electron chi connectivity index (χ1n) is 8.01. The number of aromatic nitrogens is 3. The van der Waals surface area contributed by atoms with E-state index in [1.54, 1.807) is 22.2 Å². The Morgan fingerprint density at radius 3 is 2.75 bits per heavy atom. The molecule has 2 amide bonds. The number of rotatable bonds is 2. The van der Waals surface area contributed by atoms with Gasteiger partial charge in [0.15, 0.2) is 0 Å². The number of pyridine rings is 1. The van der Waals surface area contributed by atoms with Gasteiger partial charge in [-0.2, -0.15) is 0 Å². The number of carbonyl (C=O) groups excluding carboxylic acids is 2. The van der Waals surface area contributed by atoms with Crippen LogP contribution in [0.25, 0.3) is 0 Å². The van der Waals surface area contributed by atoms with Crippen molar-refractivity contribution in [2.75, 3.05) is 24.5 Å². The molecule has 0 spiro atoms. The molecule has 2 aliphatic heterocycles. The molecule has 24 heavy (non-hydrogen) atoms. The Kier molecular flexibility index (Phi) is 3.68. The van der Waals surface area contributed by atoms with Crippen molar-refractivity contribution >= 4 is 17.5 Å². The number of amides is 2. The molecule has 4 heterocycles. The van der Waals surface area contributed by atoms with Gasteiger partial charge in [-0.3, -0.25) is 19.6 Å². The lowest BCUT2D eigenvalue weighted by atomic mass is 9.88. The molecule has 2 atom stereocenters. The monoisotopic (exact) mass is 323 g/mol. The maximum absolute atomic E-state index is 12.8. The largest absolute Gasteiger partial charge is 0.336 e. The molecule has 2 aliphatic rings. The van der Waals surface area contributed by atoms with E-state index in [0.717, 1.165) is 12.1 Å². The van der Waals surface area contributed by atoms with Crippen molar-refractivity contribution < 1.29 is 9.59 Å². The Balaban J connectivity index is 1.51. The van der Waals surface area contributed by atoms with E-state index in [-0.39, 0.29) is 23.7 Å². The highest BCUT2D eigenvalue weighted by Crippen LogP contribution is 2.34. The molecule has 2 saturated heterocycles. The fraction of sp³-hybridized carbons (Fsp3) is 0.353. The van der Waals surface area contributed by atoms with Crippen LogP contribution in [-0.4, -0.2) is 51.3 Å². The molecule has 7 heteroatoms. The van der Waals surface area contributed by atoms with Gasteiger partial charge in [0, 0.05) is 38.2 Å². The van der Waals surface area contributed by atoms with Gasteiger partial charge in [-0.1, -0.05) is 0 Å². The van der Waals surface area contributed by atoms with E-state index in [9.17, 15) is 9.59 Å². The first kappa shape index (κ1) is 14.7. The topological polar surface area (TPSA) is 79.3 Å². The predicted molar refractivity (Wildman–Crippen MR) is 86.1 cm³/mol. The second-order valence-corrected chi connectivity index (χ2v) is 6.16. The van der Waals surface area contributed by atoms with E-state index < -0.39 is 0 Å². The smallest absolute Gasteiger partial charge is 0.274 e. The van der Waals surface area contributed by atoms with Crippen molar-refractivity contribution in [2.24, 2.45) is 11.8 Å². The molecule has 122 valence electrons. The molecule has 0 aromatic carbocycles. The molecular weight excluding hydrogens is 306 g/mol. The normalized spacial score (nSPS) is 23.2. The first-order chi connectivity index (χ1) is 11.7. The van der Waals surface area contributed by atoms with Crippen molar-refractivity contribution in [3.05, 3.63) is 48.8 Å². The highest BCUT2D eigenvalue weighted by atomic mass is 16.2. The van der Waals surface area contributed by atoms with Crippen LogP contribution in [0.1, 0.15) is 16.9 Å². The standard InChI is InChI=1S/C17H17N5O2/c23-16-14-11-21(17(24)15-9-19-5-6-20-15)10-12(14)3-7-22(16)13-2-1-4-18-8-13/h1-2,4-6,8-9,12,14H,3,7,10-11H2/t12-,14-/m0/s1. The van der Waals surface area contributed by atoms with Crippen LogP contribution < -0.4 is 4.90 Å². The zero-order valence-corrected chi connectivity index (χ0v) is 13.1. The number of fused-ring (bicyclic) bond motifs is 1. The van der Waals surface area contributed by atoms with Crippen LogP contribution in [0.15, 0.2) is 43.1 Å². The summed E-state index contributed by atoms with van der Waals surface area (Å²) in [6, 6.07) is 3.72.